The molecule has 1 fully saturated rings. The summed E-state index contributed by atoms with van der Waals surface area (Å²) in [7, 11) is 0. The van der Waals surface area contributed by atoms with Gasteiger partial charge in [0.2, 0.25) is 0 Å². The SMILES string of the molecule is CSc1ccc(CN2CCCN(Cc3ccsc3)CC2)s1. The van der Waals surface area contributed by atoms with Crippen molar-refractivity contribution in [1.29, 1.82) is 0 Å². The van der Waals surface area contributed by atoms with Gasteiger partial charge >= 0.3 is 0 Å². The Kier molecular flexibility index (Phi) is 5.77. The molecule has 0 atom stereocenters. The number of rotatable bonds is 5. The molecule has 0 aromatic carbocycles. The lowest BCUT2D eigenvalue weighted by atomic mass is 10.3. The Bertz CT molecular complexity index is 535. The summed E-state index contributed by atoms with van der Waals surface area (Å²) in [6.07, 6.45) is 3.44. The van der Waals surface area contributed by atoms with Crippen LogP contribution in [0, 0.1) is 0 Å². The Hall–Kier alpha value is -0.330. The highest BCUT2D eigenvalue weighted by Crippen LogP contribution is 2.26. The Morgan fingerprint density at radius 1 is 1.05 bits per heavy atom. The van der Waals surface area contributed by atoms with Crippen LogP contribution in [0.3, 0.4) is 0 Å². The number of thioether (sulfide) groups is 1. The molecule has 0 saturated carbocycles. The molecular formula is C16H22N2S3. The van der Waals surface area contributed by atoms with Crippen LogP contribution in [0.5, 0.6) is 0 Å². The van der Waals surface area contributed by atoms with E-state index in [0.717, 1.165) is 13.1 Å². The van der Waals surface area contributed by atoms with Crippen LogP contribution in [0.15, 0.2) is 33.2 Å². The largest absolute Gasteiger partial charge is 0.298 e. The van der Waals surface area contributed by atoms with Crippen LogP contribution in [0.2, 0.25) is 0 Å². The van der Waals surface area contributed by atoms with Gasteiger partial charge in [-0.05, 0) is 60.3 Å². The molecule has 0 spiro atoms. The van der Waals surface area contributed by atoms with E-state index in [4.69, 9.17) is 0 Å². The highest BCUT2D eigenvalue weighted by Gasteiger charge is 2.16. The average molecular weight is 339 g/mol. The first-order chi connectivity index (χ1) is 10.3. The minimum Gasteiger partial charge on any atom is -0.298 e. The molecule has 1 aliphatic rings. The van der Waals surface area contributed by atoms with E-state index in [9.17, 15) is 0 Å². The molecule has 0 unspecified atom stereocenters. The van der Waals surface area contributed by atoms with Gasteiger partial charge in [-0.1, -0.05) is 0 Å². The van der Waals surface area contributed by atoms with Crippen LogP contribution >= 0.6 is 34.4 Å². The van der Waals surface area contributed by atoms with E-state index >= 15 is 0 Å². The van der Waals surface area contributed by atoms with E-state index in [2.05, 4.69) is 45.0 Å². The second-order valence-corrected chi connectivity index (χ2v) is 8.52. The van der Waals surface area contributed by atoms with Crippen molar-refractivity contribution in [2.75, 3.05) is 32.4 Å². The van der Waals surface area contributed by atoms with Crippen molar-refractivity contribution >= 4 is 34.4 Å². The molecule has 0 aliphatic carbocycles. The number of nitrogens with zero attached hydrogens (tertiary/aromatic N) is 2. The molecule has 2 aromatic heterocycles. The van der Waals surface area contributed by atoms with Crippen LogP contribution in [0.25, 0.3) is 0 Å². The quantitative estimate of drug-likeness (QED) is 0.753. The zero-order chi connectivity index (χ0) is 14.5. The van der Waals surface area contributed by atoms with Gasteiger partial charge in [-0.15, -0.1) is 23.1 Å². The van der Waals surface area contributed by atoms with Crippen LogP contribution < -0.4 is 0 Å². The third-order valence-electron chi connectivity index (χ3n) is 3.89. The van der Waals surface area contributed by atoms with Gasteiger partial charge in [-0.25, -0.2) is 0 Å². The molecule has 0 radical (unpaired) electrons. The van der Waals surface area contributed by atoms with E-state index in [0.29, 0.717) is 0 Å². The lowest BCUT2D eigenvalue weighted by molar-refractivity contribution is 0.248. The molecule has 2 aromatic rings. The first kappa shape index (κ1) is 15.6. The van der Waals surface area contributed by atoms with Crippen molar-refractivity contribution in [3.63, 3.8) is 0 Å². The smallest absolute Gasteiger partial charge is 0.0599 e. The standard InChI is InChI=1S/C16H22N2S3/c1-19-16-4-3-15(21-16)12-18-7-2-6-17(8-9-18)11-14-5-10-20-13-14/h3-5,10,13H,2,6-9,11-12H2,1H3. The van der Waals surface area contributed by atoms with E-state index < -0.39 is 0 Å². The molecule has 3 rings (SSSR count). The van der Waals surface area contributed by atoms with Crippen molar-refractivity contribution in [1.82, 2.24) is 9.80 Å². The minimum atomic E-state index is 1.12. The fourth-order valence-corrected chi connectivity index (χ4v) is 5.05. The zero-order valence-corrected chi connectivity index (χ0v) is 14.9. The average Bonchev–Trinajstić information content (AvgIpc) is 3.10. The van der Waals surface area contributed by atoms with Crippen molar-refractivity contribution in [3.05, 3.63) is 39.4 Å². The molecule has 0 N–H and O–H groups in total. The Balaban J connectivity index is 1.50. The van der Waals surface area contributed by atoms with Crippen LogP contribution in [-0.2, 0) is 13.1 Å². The van der Waals surface area contributed by atoms with Gasteiger partial charge in [0.25, 0.3) is 0 Å². The first-order valence-electron chi connectivity index (χ1n) is 7.42. The molecular weight excluding hydrogens is 316 g/mol. The molecule has 114 valence electrons. The normalized spacial score (nSPS) is 18.0. The molecule has 3 heterocycles. The fraction of sp³-hybridized carbons (Fsp3) is 0.500. The molecule has 1 aliphatic heterocycles. The second kappa shape index (κ2) is 7.79. The summed E-state index contributed by atoms with van der Waals surface area (Å²) in [4.78, 5) is 6.72. The molecule has 1 saturated heterocycles. The maximum atomic E-state index is 2.61. The van der Waals surface area contributed by atoms with Gasteiger partial charge in [-0.3, -0.25) is 9.80 Å². The highest BCUT2D eigenvalue weighted by molar-refractivity contribution is 8.00. The van der Waals surface area contributed by atoms with E-state index in [1.165, 1.54) is 47.2 Å². The van der Waals surface area contributed by atoms with Crippen LogP contribution in [0.4, 0.5) is 0 Å². The topological polar surface area (TPSA) is 6.48 Å². The van der Waals surface area contributed by atoms with Crippen LogP contribution in [0.1, 0.15) is 16.9 Å². The molecule has 21 heavy (non-hydrogen) atoms. The fourth-order valence-electron chi connectivity index (χ4n) is 2.75. The summed E-state index contributed by atoms with van der Waals surface area (Å²) in [5.41, 5.74) is 1.47. The van der Waals surface area contributed by atoms with Gasteiger partial charge in [0, 0.05) is 31.1 Å². The van der Waals surface area contributed by atoms with Crippen molar-refractivity contribution in [2.24, 2.45) is 0 Å². The van der Waals surface area contributed by atoms with Crippen molar-refractivity contribution in [3.8, 4) is 0 Å². The summed E-state index contributed by atoms with van der Waals surface area (Å²) in [6.45, 7) is 7.08. The third kappa shape index (κ3) is 4.57. The number of thiophene rings is 2. The van der Waals surface area contributed by atoms with E-state index in [-0.39, 0.29) is 0 Å². The van der Waals surface area contributed by atoms with E-state index in [1.807, 2.05) is 23.1 Å². The predicted molar refractivity (Wildman–Crippen MR) is 95.6 cm³/mol. The maximum Gasteiger partial charge on any atom is 0.0599 e. The monoisotopic (exact) mass is 338 g/mol. The van der Waals surface area contributed by atoms with Crippen molar-refractivity contribution < 1.29 is 0 Å². The van der Waals surface area contributed by atoms with Gasteiger partial charge in [-0.2, -0.15) is 11.3 Å². The second-order valence-electron chi connectivity index (χ2n) is 5.46. The van der Waals surface area contributed by atoms with Gasteiger partial charge in [0.05, 0.1) is 4.21 Å². The number of hydrogen-bond acceptors (Lipinski definition) is 5. The third-order valence-corrected chi connectivity index (χ3v) is 6.77. The molecule has 0 bridgehead atoms. The Morgan fingerprint density at radius 3 is 2.52 bits per heavy atom. The Morgan fingerprint density at radius 2 is 1.86 bits per heavy atom. The van der Waals surface area contributed by atoms with Crippen molar-refractivity contribution in [2.45, 2.75) is 23.7 Å². The summed E-state index contributed by atoms with van der Waals surface area (Å²) in [5.74, 6) is 0. The molecule has 5 heteroatoms. The summed E-state index contributed by atoms with van der Waals surface area (Å²) >= 11 is 5.60. The maximum absolute atomic E-state index is 2.61. The molecule has 0 amide bonds. The molecule has 2 nitrogen and oxygen atoms in total. The lowest BCUT2D eigenvalue weighted by Gasteiger charge is -2.21. The van der Waals surface area contributed by atoms with Crippen LogP contribution in [-0.4, -0.2) is 42.2 Å². The highest BCUT2D eigenvalue weighted by atomic mass is 32.2. The van der Waals surface area contributed by atoms with Gasteiger partial charge in [0.15, 0.2) is 0 Å². The number of hydrogen-bond donors (Lipinski definition) is 0. The van der Waals surface area contributed by atoms with Gasteiger partial charge in [0.1, 0.15) is 0 Å². The predicted octanol–water partition coefficient (Wildman–Crippen LogP) is 4.24. The lowest BCUT2D eigenvalue weighted by Crippen LogP contribution is -2.30. The summed E-state index contributed by atoms with van der Waals surface area (Å²) in [5, 5.41) is 4.46. The zero-order valence-electron chi connectivity index (χ0n) is 12.5. The minimum absolute atomic E-state index is 1.12. The first-order valence-corrected chi connectivity index (χ1v) is 10.4. The summed E-state index contributed by atoms with van der Waals surface area (Å²) in [6, 6.07) is 6.80. The summed E-state index contributed by atoms with van der Waals surface area (Å²) < 4.78 is 1.43. The Labute approximate surface area is 139 Å². The van der Waals surface area contributed by atoms with Gasteiger partial charge < -0.3 is 0 Å². The van der Waals surface area contributed by atoms with E-state index in [1.54, 1.807) is 11.3 Å².